The third-order valence-corrected chi connectivity index (χ3v) is 6.98. The van der Waals surface area contributed by atoms with Gasteiger partial charge in [0.25, 0.3) is 0 Å². The van der Waals surface area contributed by atoms with E-state index in [2.05, 4.69) is 41.0 Å². The van der Waals surface area contributed by atoms with Crippen molar-refractivity contribution in [3.63, 3.8) is 0 Å². The number of para-hydroxylation sites is 1. The maximum Gasteiger partial charge on any atom is 0.119 e. The maximum absolute atomic E-state index is 11.2. The molecule has 0 saturated carbocycles. The van der Waals surface area contributed by atoms with Gasteiger partial charge in [0, 0.05) is 38.4 Å². The fourth-order valence-corrected chi connectivity index (χ4v) is 4.78. The zero-order chi connectivity index (χ0) is 21.9. The third kappa shape index (κ3) is 5.59. The summed E-state index contributed by atoms with van der Waals surface area (Å²) < 4.78 is 5.85. The van der Waals surface area contributed by atoms with Gasteiger partial charge in [-0.15, -0.1) is 0 Å². The highest BCUT2D eigenvalue weighted by molar-refractivity contribution is 5.53. The van der Waals surface area contributed by atoms with E-state index in [1.54, 1.807) is 0 Å². The third-order valence-electron chi connectivity index (χ3n) is 6.98. The van der Waals surface area contributed by atoms with Gasteiger partial charge in [-0.2, -0.15) is 0 Å². The van der Waals surface area contributed by atoms with E-state index in [1.807, 2.05) is 31.2 Å². The van der Waals surface area contributed by atoms with Gasteiger partial charge in [0.15, 0.2) is 0 Å². The van der Waals surface area contributed by atoms with Crippen LogP contribution >= 0.6 is 0 Å². The first-order valence-corrected chi connectivity index (χ1v) is 11.5. The number of likely N-dealkylation sites (tertiary alicyclic amines) is 1. The van der Waals surface area contributed by atoms with Crippen molar-refractivity contribution in [1.82, 2.24) is 4.90 Å². The van der Waals surface area contributed by atoms with Gasteiger partial charge < -0.3 is 24.7 Å². The zero-order valence-electron chi connectivity index (χ0n) is 18.9. The second-order valence-corrected chi connectivity index (χ2v) is 9.60. The van der Waals surface area contributed by atoms with Gasteiger partial charge in [-0.25, -0.2) is 0 Å². The fourth-order valence-electron chi connectivity index (χ4n) is 4.78. The highest BCUT2D eigenvalue weighted by atomic mass is 16.5. The Labute approximate surface area is 186 Å². The molecule has 2 aromatic carbocycles. The quantitative estimate of drug-likeness (QED) is 0.743. The van der Waals surface area contributed by atoms with E-state index in [-0.39, 0.29) is 0 Å². The van der Waals surface area contributed by atoms with Crippen LogP contribution < -0.4 is 9.64 Å². The normalized spacial score (nSPS) is 21.1. The van der Waals surface area contributed by atoms with Crippen molar-refractivity contribution in [3.05, 3.63) is 59.7 Å². The molecule has 2 aliphatic rings. The average Bonchev–Trinajstić information content (AvgIpc) is 2.76. The molecule has 0 spiro atoms. The minimum atomic E-state index is -0.793. The van der Waals surface area contributed by atoms with Crippen LogP contribution in [0, 0.1) is 13.8 Å². The molecule has 0 amide bonds. The molecule has 2 fully saturated rings. The number of anilines is 1. The van der Waals surface area contributed by atoms with Gasteiger partial charge in [0.05, 0.1) is 5.60 Å². The summed E-state index contributed by atoms with van der Waals surface area (Å²) in [5.41, 5.74) is 2.32. The second-order valence-electron chi connectivity index (χ2n) is 9.60. The molecule has 0 atom stereocenters. The summed E-state index contributed by atoms with van der Waals surface area (Å²) in [5, 5.41) is 22.1. The molecule has 5 heteroatoms. The summed E-state index contributed by atoms with van der Waals surface area (Å²) >= 11 is 0. The van der Waals surface area contributed by atoms with Crippen LogP contribution in [0.4, 0.5) is 5.69 Å². The van der Waals surface area contributed by atoms with Gasteiger partial charge in [-0.3, -0.25) is 0 Å². The van der Waals surface area contributed by atoms with E-state index in [4.69, 9.17) is 4.74 Å². The van der Waals surface area contributed by atoms with E-state index in [9.17, 15) is 10.2 Å². The number of nitrogens with zero attached hydrogens (tertiary/aromatic N) is 2. The van der Waals surface area contributed by atoms with Crippen LogP contribution in [0.5, 0.6) is 5.75 Å². The van der Waals surface area contributed by atoms with Crippen LogP contribution in [-0.2, 0) is 0 Å². The Balaban J connectivity index is 1.24. The standard InChI is InChI=1S/C26H36N2O3/c1-21-7-9-23(10-8-21)31-20-26(30)11-15-27(16-12-26)19-25(29)13-17-28(18-14-25)24-6-4-3-5-22(24)2/h3-10,29-30H,11-20H2,1-2H3. The van der Waals surface area contributed by atoms with Crippen LogP contribution in [0.2, 0.25) is 0 Å². The predicted molar refractivity (Wildman–Crippen MR) is 125 cm³/mol. The molecular formula is C26H36N2O3. The van der Waals surface area contributed by atoms with Crippen molar-refractivity contribution in [3.8, 4) is 5.75 Å². The Morgan fingerprint density at radius 3 is 2.06 bits per heavy atom. The average molecular weight is 425 g/mol. The van der Waals surface area contributed by atoms with Crippen molar-refractivity contribution in [2.75, 3.05) is 44.2 Å². The molecule has 168 valence electrons. The van der Waals surface area contributed by atoms with Crippen LogP contribution in [0.1, 0.15) is 36.8 Å². The van der Waals surface area contributed by atoms with Crippen molar-refractivity contribution >= 4 is 5.69 Å². The summed E-state index contributed by atoms with van der Waals surface area (Å²) in [5.74, 6) is 0.802. The van der Waals surface area contributed by atoms with Crippen LogP contribution in [-0.4, -0.2) is 65.6 Å². The Hall–Kier alpha value is -2.08. The lowest BCUT2D eigenvalue weighted by Gasteiger charge is -2.44. The summed E-state index contributed by atoms with van der Waals surface area (Å²) in [6.45, 7) is 8.53. The zero-order valence-corrected chi connectivity index (χ0v) is 18.9. The molecule has 0 unspecified atom stereocenters. The number of ether oxygens (including phenoxy) is 1. The van der Waals surface area contributed by atoms with Crippen molar-refractivity contribution < 1.29 is 14.9 Å². The van der Waals surface area contributed by atoms with Crippen molar-refractivity contribution in [1.29, 1.82) is 0 Å². The Bertz CT molecular complexity index is 851. The second kappa shape index (κ2) is 9.19. The highest BCUT2D eigenvalue weighted by Gasteiger charge is 2.38. The summed E-state index contributed by atoms with van der Waals surface area (Å²) in [4.78, 5) is 4.70. The minimum Gasteiger partial charge on any atom is -0.491 e. The first-order chi connectivity index (χ1) is 14.8. The van der Waals surface area contributed by atoms with Crippen LogP contribution in [0.15, 0.2) is 48.5 Å². The molecule has 5 nitrogen and oxygen atoms in total. The number of piperidine rings is 2. The lowest BCUT2D eigenvalue weighted by Crippen LogP contribution is -2.55. The molecule has 0 aromatic heterocycles. The monoisotopic (exact) mass is 424 g/mol. The van der Waals surface area contributed by atoms with E-state index in [1.165, 1.54) is 16.8 Å². The number of aryl methyl sites for hydroxylation is 2. The molecule has 0 bridgehead atoms. The summed E-state index contributed by atoms with van der Waals surface area (Å²) in [6, 6.07) is 16.4. The number of rotatable bonds is 6. The molecule has 0 aliphatic carbocycles. The van der Waals surface area contributed by atoms with E-state index < -0.39 is 11.2 Å². The smallest absolute Gasteiger partial charge is 0.119 e. The molecular weight excluding hydrogens is 388 g/mol. The summed E-state index contributed by atoms with van der Waals surface area (Å²) in [7, 11) is 0. The first kappa shape index (κ1) is 22.1. The molecule has 2 aromatic rings. The molecule has 2 aliphatic heterocycles. The van der Waals surface area contributed by atoms with Gasteiger partial charge >= 0.3 is 0 Å². The van der Waals surface area contributed by atoms with E-state index in [0.717, 1.165) is 44.8 Å². The predicted octanol–water partition coefficient (Wildman–Crippen LogP) is 3.54. The van der Waals surface area contributed by atoms with Crippen molar-refractivity contribution in [2.45, 2.75) is 50.7 Å². The molecule has 2 saturated heterocycles. The Morgan fingerprint density at radius 2 is 1.42 bits per heavy atom. The van der Waals surface area contributed by atoms with Crippen molar-refractivity contribution in [2.24, 2.45) is 0 Å². The number of hydrogen-bond donors (Lipinski definition) is 2. The molecule has 2 heterocycles. The first-order valence-electron chi connectivity index (χ1n) is 11.5. The van der Waals surface area contributed by atoms with E-state index in [0.29, 0.717) is 26.0 Å². The Morgan fingerprint density at radius 1 is 0.806 bits per heavy atom. The number of β-amino-alcohol motifs (C(OH)–C–C–N with tert-alkyl or cyclic N) is 1. The molecule has 4 rings (SSSR count). The number of benzene rings is 2. The number of hydrogen-bond acceptors (Lipinski definition) is 5. The minimum absolute atomic E-state index is 0.319. The summed E-state index contributed by atoms with van der Waals surface area (Å²) in [6.07, 6.45) is 2.89. The van der Waals surface area contributed by atoms with E-state index >= 15 is 0 Å². The highest BCUT2D eigenvalue weighted by Crippen LogP contribution is 2.31. The lowest BCUT2D eigenvalue weighted by molar-refractivity contribution is -0.0747. The van der Waals surface area contributed by atoms with Gasteiger partial charge in [-0.1, -0.05) is 35.9 Å². The SMILES string of the molecule is Cc1ccc(OCC2(O)CCN(CC3(O)CCN(c4ccccc4C)CC3)CC2)cc1. The van der Waals surface area contributed by atoms with Gasteiger partial charge in [0.1, 0.15) is 18.0 Å². The largest absolute Gasteiger partial charge is 0.491 e. The van der Waals surface area contributed by atoms with Gasteiger partial charge in [0.2, 0.25) is 0 Å². The molecule has 31 heavy (non-hydrogen) atoms. The van der Waals surface area contributed by atoms with Gasteiger partial charge in [-0.05, 0) is 63.3 Å². The topological polar surface area (TPSA) is 56.2 Å². The maximum atomic E-state index is 11.2. The van der Waals surface area contributed by atoms with Crippen LogP contribution in [0.25, 0.3) is 0 Å². The molecule has 2 N–H and O–H groups in total. The molecule has 0 radical (unpaired) electrons. The number of aliphatic hydroxyl groups is 2. The fraction of sp³-hybridized carbons (Fsp3) is 0.538. The van der Waals surface area contributed by atoms with Crippen LogP contribution in [0.3, 0.4) is 0 Å². The Kier molecular flexibility index (Phi) is 6.56. The lowest BCUT2D eigenvalue weighted by atomic mass is 9.87.